The number of nitrogens with one attached hydrogen (secondary N) is 1. The number of anilines is 2. The summed E-state index contributed by atoms with van der Waals surface area (Å²) in [7, 11) is 0. The zero-order valence-electron chi connectivity index (χ0n) is 17.8. The summed E-state index contributed by atoms with van der Waals surface area (Å²) >= 11 is 2.92. The molecular formula is C21H29N5O2S2. The highest BCUT2D eigenvalue weighted by molar-refractivity contribution is 8.02. The summed E-state index contributed by atoms with van der Waals surface area (Å²) in [5.41, 5.74) is 8.81. The number of likely N-dealkylation sites (tertiary alicyclic amines) is 1. The number of aromatic nitrogens is 2. The van der Waals surface area contributed by atoms with E-state index in [1.54, 1.807) is 0 Å². The molecule has 1 aromatic heterocycles. The van der Waals surface area contributed by atoms with Crippen LogP contribution in [-0.4, -0.2) is 45.3 Å². The van der Waals surface area contributed by atoms with Crippen molar-refractivity contribution in [2.24, 2.45) is 17.6 Å². The van der Waals surface area contributed by atoms with Crippen LogP contribution in [0, 0.1) is 25.7 Å². The third kappa shape index (κ3) is 5.31. The van der Waals surface area contributed by atoms with Crippen LogP contribution in [0.5, 0.6) is 0 Å². The standard InChI is InChI=1S/C21H29N5O2S2/c1-12(2)17(19(28)26-10-8-15(9-11-26)18(22)27)29-21-25-24-20(30-21)23-16-7-5-6-13(3)14(16)4/h5-7,12,15,17H,8-11H2,1-4H3,(H2,22,27)(H,23,24). The lowest BCUT2D eigenvalue weighted by Crippen LogP contribution is -2.46. The first-order chi connectivity index (χ1) is 14.3. The number of carbonyl (C=O) groups excluding carboxylic acids is 2. The average Bonchev–Trinajstić information content (AvgIpc) is 3.16. The van der Waals surface area contributed by atoms with Crippen LogP contribution in [0.3, 0.4) is 0 Å². The van der Waals surface area contributed by atoms with Crippen LogP contribution in [0.15, 0.2) is 22.5 Å². The number of nitrogens with two attached hydrogens (primary N) is 1. The Labute approximate surface area is 185 Å². The summed E-state index contributed by atoms with van der Waals surface area (Å²) in [6.45, 7) is 9.39. The fourth-order valence-corrected chi connectivity index (χ4v) is 5.51. The number of hydrogen-bond acceptors (Lipinski definition) is 7. The van der Waals surface area contributed by atoms with Gasteiger partial charge in [0.05, 0.1) is 5.25 Å². The Kier molecular flexibility index (Phi) is 7.36. The highest BCUT2D eigenvalue weighted by Gasteiger charge is 2.33. The summed E-state index contributed by atoms with van der Waals surface area (Å²) in [6, 6.07) is 6.11. The molecule has 2 heterocycles. The summed E-state index contributed by atoms with van der Waals surface area (Å²) in [6.07, 6.45) is 1.28. The Morgan fingerprint density at radius 2 is 1.93 bits per heavy atom. The van der Waals surface area contributed by atoms with Gasteiger partial charge in [-0.05, 0) is 49.8 Å². The highest BCUT2D eigenvalue weighted by Crippen LogP contribution is 2.35. The van der Waals surface area contributed by atoms with Gasteiger partial charge in [-0.2, -0.15) is 0 Å². The number of piperidine rings is 1. The Hall–Kier alpha value is -2.13. The summed E-state index contributed by atoms with van der Waals surface area (Å²) < 4.78 is 0.766. The van der Waals surface area contributed by atoms with E-state index in [-0.39, 0.29) is 28.9 Å². The van der Waals surface area contributed by atoms with Gasteiger partial charge in [0.2, 0.25) is 16.9 Å². The molecule has 7 nitrogen and oxygen atoms in total. The van der Waals surface area contributed by atoms with Crippen molar-refractivity contribution in [1.29, 1.82) is 0 Å². The fourth-order valence-electron chi connectivity index (χ4n) is 3.45. The molecule has 2 amide bonds. The van der Waals surface area contributed by atoms with Gasteiger partial charge in [0.15, 0.2) is 4.34 Å². The maximum absolute atomic E-state index is 13.1. The number of thioether (sulfide) groups is 1. The zero-order valence-corrected chi connectivity index (χ0v) is 19.5. The van der Waals surface area contributed by atoms with Gasteiger partial charge >= 0.3 is 0 Å². The van der Waals surface area contributed by atoms with Crippen LogP contribution in [0.2, 0.25) is 0 Å². The van der Waals surface area contributed by atoms with Crippen LogP contribution >= 0.6 is 23.1 Å². The van der Waals surface area contributed by atoms with Crippen molar-refractivity contribution in [2.45, 2.75) is 50.1 Å². The zero-order chi connectivity index (χ0) is 21.8. The van der Waals surface area contributed by atoms with Gasteiger partial charge in [0, 0.05) is 24.7 Å². The average molecular weight is 448 g/mol. The molecule has 3 N–H and O–H groups in total. The minimum atomic E-state index is -0.269. The Bertz CT molecular complexity index is 907. The number of benzene rings is 1. The molecule has 0 bridgehead atoms. The second-order valence-corrected chi connectivity index (χ2v) is 10.4. The molecule has 0 spiro atoms. The number of nitrogens with zero attached hydrogens (tertiary/aromatic N) is 3. The molecule has 1 aliphatic heterocycles. The predicted octanol–water partition coefficient (Wildman–Crippen LogP) is 3.74. The first kappa shape index (κ1) is 22.6. The second-order valence-electron chi connectivity index (χ2n) is 8.03. The SMILES string of the molecule is Cc1cccc(Nc2nnc(SC(C(=O)N3CCC(C(N)=O)CC3)C(C)C)s2)c1C. The van der Waals surface area contributed by atoms with Crippen molar-refractivity contribution >= 4 is 45.7 Å². The van der Waals surface area contributed by atoms with Gasteiger partial charge in [-0.15, -0.1) is 10.2 Å². The van der Waals surface area contributed by atoms with E-state index in [0.29, 0.717) is 31.1 Å². The fraction of sp³-hybridized carbons (Fsp3) is 0.524. The molecule has 2 aromatic rings. The number of rotatable bonds is 7. The molecule has 1 saturated heterocycles. The number of primary amides is 1. The summed E-state index contributed by atoms with van der Waals surface area (Å²) in [5, 5.41) is 12.4. The smallest absolute Gasteiger partial charge is 0.236 e. The molecule has 9 heteroatoms. The lowest BCUT2D eigenvalue weighted by Gasteiger charge is -2.33. The Morgan fingerprint density at radius 3 is 2.57 bits per heavy atom. The molecule has 0 radical (unpaired) electrons. The number of carbonyl (C=O) groups is 2. The second kappa shape index (κ2) is 9.78. The third-order valence-corrected chi connectivity index (χ3v) is 7.99. The number of hydrogen-bond donors (Lipinski definition) is 2. The van der Waals surface area contributed by atoms with Crippen molar-refractivity contribution in [3.63, 3.8) is 0 Å². The lowest BCUT2D eigenvalue weighted by molar-refractivity contribution is -0.135. The van der Waals surface area contributed by atoms with E-state index >= 15 is 0 Å². The molecule has 3 rings (SSSR count). The van der Waals surface area contributed by atoms with Gasteiger partial charge in [-0.1, -0.05) is 49.1 Å². The van der Waals surface area contributed by atoms with Gasteiger partial charge in [0.25, 0.3) is 0 Å². The minimum absolute atomic E-state index is 0.0946. The van der Waals surface area contributed by atoms with Crippen molar-refractivity contribution in [2.75, 3.05) is 18.4 Å². The maximum atomic E-state index is 13.1. The van der Waals surface area contributed by atoms with E-state index in [1.807, 2.05) is 30.9 Å². The Balaban J connectivity index is 1.65. The molecular weight excluding hydrogens is 418 g/mol. The molecule has 1 fully saturated rings. The quantitative estimate of drug-likeness (QED) is 0.627. The maximum Gasteiger partial charge on any atom is 0.236 e. The lowest BCUT2D eigenvalue weighted by atomic mass is 9.95. The number of amides is 2. The normalized spacial score (nSPS) is 16.0. The van der Waals surface area contributed by atoms with Crippen LogP contribution in [-0.2, 0) is 9.59 Å². The van der Waals surface area contributed by atoms with Gasteiger partial charge in [-0.3, -0.25) is 9.59 Å². The monoisotopic (exact) mass is 447 g/mol. The molecule has 30 heavy (non-hydrogen) atoms. The number of aryl methyl sites for hydroxylation is 1. The topological polar surface area (TPSA) is 101 Å². The first-order valence-corrected chi connectivity index (χ1v) is 11.9. The van der Waals surface area contributed by atoms with Gasteiger partial charge < -0.3 is 16.0 Å². The largest absolute Gasteiger partial charge is 0.369 e. The molecule has 162 valence electrons. The molecule has 1 atom stereocenters. The van der Waals surface area contributed by atoms with E-state index in [1.165, 1.54) is 34.2 Å². The van der Waals surface area contributed by atoms with Crippen molar-refractivity contribution in [1.82, 2.24) is 15.1 Å². The van der Waals surface area contributed by atoms with Crippen LogP contribution < -0.4 is 11.1 Å². The van der Waals surface area contributed by atoms with Gasteiger partial charge in [0.1, 0.15) is 0 Å². The van der Waals surface area contributed by atoms with Crippen LogP contribution in [0.4, 0.5) is 10.8 Å². The minimum Gasteiger partial charge on any atom is -0.369 e. The van der Waals surface area contributed by atoms with Crippen LogP contribution in [0.1, 0.15) is 37.8 Å². The molecule has 1 unspecified atom stereocenters. The summed E-state index contributed by atoms with van der Waals surface area (Å²) in [5.74, 6) is -0.149. The molecule has 0 aliphatic carbocycles. The van der Waals surface area contributed by atoms with Gasteiger partial charge in [-0.25, -0.2) is 0 Å². The van der Waals surface area contributed by atoms with Crippen molar-refractivity contribution < 1.29 is 9.59 Å². The molecule has 1 aromatic carbocycles. The van der Waals surface area contributed by atoms with E-state index in [2.05, 4.69) is 35.4 Å². The van der Waals surface area contributed by atoms with Crippen LogP contribution in [0.25, 0.3) is 0 Å². The predicted molar refractivity (Wildman–Crippen MR) is 122 cm³/mol. The van der Waals surface area contributed by atoms with E-state index in [9.17, 15) is 9.59 Å². The van der Waals surface area contributed by atoms with E-state index in [4.69, 9.17) is 5.73 Å². The molecule has 0 saturated carbocycles. The summed E-state index contributed by atoms with van der Waals surface area (Å²) in [4.78, 5) is 26.4. The van der Waals surface area contributed by atoms with Crippen molar-refractivity contribution in [3.05, 3.63) is 29.3 Å². The van der Waals surface area contributed by atoms with E-state index in [0.717, 1.165) is 10.0 Å². The first-order valence-electron chi connectivity index (χ1n) is 10.2. The van der Waals surface area contributed by atoms with E-state index < -0.39 is 0 Å². The Morgan fingerprint density at radius 1 is 1.23 bits per heavy atom. The third-order valence-electron chi connectivity index (χ3n) is 5.54. The highest BCUT2D eigenvalue weighted by atomic mass is 32.2. The van der Waals surface area contributed by atoms with Crippen molar-refractivity contribution in [3.8, 4) is 0 Å². The molecule has 1 aliphatic rings.